The summed E-state index contributed by atoms with van der Waals surface area (Å²) in [6, 6.07) is 5.55. The second kappa shape index (κ2) is 5.35. The molecule has 23 heavy (non-hydrogen) atoms. The summed E-state index contributed by atoms with van der Waals surface area (Å²) < 4.78 is 1.82. The molecule has 5 nitrogen and oxygen atoms in total. The summed E-state index contributed by atoms with van der Waals surface area (Å²) in [7, 11) is 0. The minimum atomic E-state index is -0.183. The lowest BCUT2D eigenvalue weighted by molar-refractivity contribution is 0.0953. The molecule has 120 valence electrons. The zero-order valence-corrected chi connectivity index (χ0v) is 13.6. The topological polar surface area (TPSA) is 67.2 Å². The van der Waals surface area contributed by atoms with Crippen LogP contribution in [0.2, 0.25) is 5.02 Å². The molecule has 4 rings (SSSR count). The van der Waals surface area contributed by atoms with Crippen molar-refractivity contribution in [3.63, 3.8) is 0 Å². The van der Waals surface area contributed by atoms with Crippen LogP contribution in [-0.4, -0.2) is 27.4 Å². The van der Waals surface area contributed by atoms with Crippen LogP contribution in [0.4, 0.5) is 0 Å². The van der Waals surface area contributed by atoms with E-state index < -0.39 is 0 Å². The van der Waals surface area contributed by atoms with Gasteiger partial charge in [0, 0.05) is 22.2 Å². The zero-order valence-electron chi connectivity index (χ0n) is 12.8. The molecule has 1 atom stereocenters. The second-order valence-electron chi connectivity index (χ2n) is 6.28. The maximum Gasteiger partial charge on any atom is 0.272 e. The van der Waals surface area contributed by atoms with Crippen LogP contribution in [0.15, 0.2) is 18.2 Å². The van der Waals surface area contributed by atoms with Gasteiger partial charge in [-0.15, -0.1) is 0 Å². The third-order valence-corrected chi connectivity index (χ3v) is 4.86. The Labute approximate surface area is 139 Å². The molecule has 1 aromatic carbocycles. The van der Waals surface area contributed by atoms with Gasteiger partial charge in [0.25, 0.3) is 5.91 Å². The number of aliphatic hydroxyl groups excluding tert-OH is 1. The minimum Gasteiger partial charge on any atom is -0.394 e. The predicted molar refractivity (Wildman–Crippen MR) is 86.8 cm³/mol. The molecule has 2 aliphatic rings. The lowest BCUT2D eigenvalue weighted by Gasteiger charge is -2.17. The Morgan fingerprint density at radius 3 is 2.87 bits per heavy atom. The zero-order chi connectivity index (χ0) is 16.1. The molecule has 0 spiro atoms. The van der Waals surface area contributed by atoms with Crippen molar-refractivity contribution in [3.8, 4) is 0 Å². The number of fused-ring (bicyclic) bond motifs is 1. The molecule has 1 aliphatic heterocycles. The number of hydrogen-bond donors (Lipinski definition) is 2. The van der Waals surface area contributed by atoms with Crippen LogP contribution in [0.25, 0.3) is 0 Å². The van der Waals surface area contributed by atoms with E-state index in [-0.39, 0.29) is 18.6 Å². The number of aliphatic hydroxyl groups is 1. The van der Waals surface area contributed by atoms with Crippen LogP contribution in [0, 0.1) is 6.92 Å². The van der Waals surface area contributed by atoms with Gasteiger partial charge in [0.2, 0.25) is 0 Å². The highest BCUT2D eigenvalue weighted by molar-refractivity contribution is 6.30. The summed E-state index contributed by atoms with van der Waals surface area (Å²) in [5, 5.41) is 17.5. The molecule has 0 saturated heterocycles. The molecular formula is C17H18ClN3O2. The smallest absolute Gasteiger partial charge is 0.272 e. The number of carbonyl (C=O) groups is 1. The Bertz CT molecular complexity index is 795. The normalized spacial score (nSPS) is 19.8. The van der Waals surface area contributed by atoms with Gasteiger partial charge in [0.1, 0.15) is 0 Å². The summed E-state index contributed by atoms with van der Waals surface area (Å²) in [6.07, 6.45) is 2.23. The van der Waals surface area contributed by atoms with Crippen molar-refractivity contribution in [2.24, 2.45) is 0 Å². The van der Waals surface area contributed by atoms with Gasteiger partial charge >= 0.3 is 0 Å². The minimum absolute atomic E-state index is 0.0204. The monoisotopic (exact) mass is 331 g/mol. The highest BCUT2D eigenvalue weighted by Crippen LogP contribution is 2.47. The van der Waals surface area contributed by atoms with Crippen LogP contribution >= 0.6 is 11.6 Å². The Hall–Kier alpha value is -1.85. The van der Waals surface area contributed by atoms with Crippen molar-refractivity contribution in [2.45, 2.75) is 38.3 Å². The van der Waals surface area contributed by atoms with Gasteiger partial charge in [-0.1, -0.05) is 17.7 Å². The molecule has 1 aliphatic carbocycles. The highest BCUT2D eigenvalue weighted by Gasteiger charge is 2.42. The lowest BCUT2D eigenvalue weighted by atomic mass is 9.94. The summed E-state index contributed by atoms with van der Waals surface area (Å²) in [5.41, 5.74) is 4.68. The average Bonchev–Trinajstić information content (AvgIpc) is 3.20. The summed E-state index contributed by atoms with van der Waals surface area (Å²) in [5.74, 6) is 0.304. The van der Waals surface area contributed by atoms with Crippen molar-refractivity contribution >= 4 is 17.5 Å². The first-order chi connectivity index (χ1) is 11.1. The molecule has 2 N–H and O–H groups in total. The number of benzene rings is 1. The number of aryl methyl sites for hydroxylation is 1. The summed E-state index contributed by atoms with van der Waals surface area (Å²) in [6.45, 7) is 2.45. The van der Waals surface area contributed by atoms with Crippen LogP contribution < -0.4 is 5.32 Å². The quantitative estimate of drug-likeness (QED) is 0.904. The van der Waals surface area contributed by atoms with Gasteiger partial charge in [0.05, 0.1) is 19.2 Å². The van der Waals surface area contributed by atoms with E-state index in [1.807, 2.05) is 29.8 Å². The largest absolute Gasteiger partial charge is 0.394 e. The SMILES string of the molecule is Cc1cc(Cl)ccc1C1NC(=O)c2nn(CCO)c(C3CC3)c21. The van der Waals surface area contributed by atoms with Crippen molar-refractivity contribution in [2.75, 3.05) is 6.61 Å². The van der Waals surface area contributed by atoms with E-state index in [0.29, 0.717) is 23.2 Å². The van der Waals surface area contributed by atoms with Crippen molar-refractivity contribution in [3.05, 3.63) is 51.3 Å². The number of amides is 1. The van der Waals surface area contributed by atoms with Crippen LogP contribution in [0.3, 0.4) is 0 Å². The Morgan fingerprint density at radius 1 is 1.43 bits per heavy atom. The molecule has 2 heterocycles. The molecule has 1 saturated carbocycles. The van der Waals surface area contributed by atoms with Gasteiger partial charge < -0.3 is 10.4 Å². The maximum atomic E-state index is 12.4. The number of halogens is 1. The van der Waals surface area contributed by atoms with Gasteiger partial charge in [-0.05, 0) is 43.0 Å². The molecule has 1 amide bonds. The van der Waals surface area contributed by atoms with E-state index in [4.69, 9.17) is 11.6 Å². The first kappa shape index (κ1) is 14.7. The molecule has 1 unspecified atom stereocenters. The number of carbonyl (C=O) groups excluding carboxylic acids is 1. The van der Waals surface area contributed by atoms with E-state index in [9.17, 15) is 9.90 Å². The number of nitrogens with one attached hydrogen (secondary N) is 1. The van der Waals surface area contributed by atoms with E-state index in [1.54, 1.807) is 0 Å². The number of aromatic nitrogens is 2. The lowest BCUT2D eigenvalue weighted by Crippen LogP contribution is -2.23. The summed E-state index contributed by atoms with van der Waals surface area (Å²) >= 11 is 6.06. The fourth-order valence-electron chi connectivity index (χ4n) is 3.46. The predicted octanol–water partition coefficient (Wildman–Crippen LogP) is 2.55. The number of hydrogen-bond acceptors (Lipinski definition) is 3. The number of nitrogens with zero attached hydrogens (tertiary/aromatic N) is 2. The molecule has 1 aromatic heterocycles. The van der Waals surface area contributed by atoms with E-state index >= 15 is 0 Å². The second-order valence-corrected chi connectivity index (χ2v) is 6.71. The molecule has 0 radical (unpaired) electrons. The van der Waals surface area contributed by atoms with Gasteiger partial charge in [-0.3, -0.25) is 9.48 Å². The van der Waals surface area contributed by atoms with E-state index in [1.165, 1.54) is 0 Å². The van der Waals surface area contributed by atoms with Crippen molar-refractivity contribution < 1.29 is 9.90 Å². The third kappa shape index (κ3) is 2.35. The Balaban J connectivity index is 1.86. The van der Waals surface area contributed by atoms with Gasteiger partial charge in [0.15, 0.2) is 5.69 Å². The first-order valence-electron chi connectivity index (χ1n) is 7.88. The summed E-state index contributed by atoms with van der Waals surface area (Å²) in [4.78, 5) is 12.4. The van der Waals surface area contributed by atoms with E-state index in [0.717, 1.165) is 35.2 Å². The van der Waals surface area contributed by atoms with Crippen LogP contribution in [0.5, 0.6) is 0 Å². The Kier molecular flexibility index (Phi) is 3.43. The Morgan fingerprint density at radius 2 is 2.22 bits per heavy atom. The van der Waals surface area contributed by atoms with Crippen LogP contribution in [0.1, 0.15) is 57.7 Å². The van der Waals surface area contributed by atoms with E-state index in [2.05, 4.69) is 10.4 Å². The standard InChI is InChI=1S/C17H18ClN3O2/c1-9-8-11(18)4-5-12(9)14-13-15(17(23)19-14)20-21(6-7-22)16(13)10-2-3-10/h4-5,8,10,14,22H,2-3,6-7H2,1H3,(H,19,23). The maximum absolute atomic E-state index is 12.4. The van der Waals surface area contributed by atoms with Crippen molar-refractivity contribution in [1.82, 2.24) is 15.1 Å². The fourth-order valence-corrected chi connectivity index (χ4v) is 3.69. The molecule has 6 heteroatoms. The average molecular weight is 332 g/mol. The third-order valence-electron chi connectivity index (χ3n) is 4.63. The molecule has 2 aromatic rings. The molecule has 0 bridgehead atoms. The highest BCUT2D eigenvalue weighted by atomic mass is 35.5. The molecular weight excluding hydrogens is 314 g/mol. The fraction of sp³-hybridized carbons (Fsp3) is 0.412. The molecule has 1 fully saturated rings. The van der Waals surface area contributed by atoms with Crippen LogP contribution in [-0.2, 0) is 6.54 Å². The van der Waals surface area contributed by atoms with Crippen molar-refractivity contribution in [1.29, 1.82) is 0 Å². The first-order valence-corrected chi connectivity index (χ1v) is 8.26. The number of rotatable bonds is 4. The van der Waals surface area contributed by atoms with Gasteiger partial charge in [-0.2, -0.15) is 5.10 Å². The van der Waals surface area contributed by atoms with Gasteiger partial charge in [-0.25, -0.2) is 0 Å².